The highest BCUT2D eigenvalue weighted by molar-refractivity contribution is 7.98. The van der Waals surface area contributed by atoms with E-state index >= 15 is 0 Å². The van der Waals surface area contributed by atoms with E-state index < -0.39 is 6.10 Å². The number of carbonyl (C=O) groups is 1. The zero-order chi connectivity index (χ0) is 16.5. The van der Waals surface area contributed by atoms with Crippen molar-refractivity contribution in [2.45, 2.75) is 30.6 Å². The Balaban J connectivity index is 1.65. The second-order valence-corrected chi connectivity index (χ2v) is 7.31. The standard InChI is InChI=1S/C19H19NO3S/c21-17-9-10-23-18-11-12(5-8-16(17)18)14-3-1-2-4-15(14)19(22)20-24-13-6-7-13/h1-5,8,11,13,17,21H,6-7,9-10H2,(H,20,22)/t17-/m0/s1. The Hall–Kier alpha value is -1.98. The quantitative estimate of drug-likeness (QED) is 0.833. The summed E-state index contributed by atoms with van der Waals surface area (Å²) in [5.41, 5.74) is 3.26. The molecule has 0 radical (unpaired) electrons. The normalized spacial score (nSPS) is 19.3. The van der Waals surface area contributed by atoms with Crippen LogP contribution in [0.4, 0.5) is 0 Å². The number of amides is 1. The molecule has 1 aliphatic heterocycles. The molecule has 0 spiro atoms. The van der Waals surface area contributed by atoms with Gasteiger partial charge in [-0.1, -0.05) is 30.3 Å². The van der Waals surface area contributed by atoms with E-state index in [2.05, 4.69) is 4.72 Å². The minimum Gasteiger partial charge on any atom is -0.493 e. The molecule has 0 saturated heterocycles. The second-order valence-electron chi connectivity index (χ2n) is 6.20. The van der Waals surface area contributed by atoms with Gasteiger partial charge in [0.25, 0.3) is 5.91 Å². The van der Waals surface area contributed by atoms with Crippen LogP contribution in [0.3, 0.4) is 0 Å². The van der Waals surface area contributed by atoms with Gasteiger partial charge in [-0.05, 0) is 48.0 Å². The van der Waals surface area contributed by atoms with Gasteiger partial charge in [0.1, 0.15) is 5.75 Å². The van der Waals surface area contributed by atoms with Crippen LogP contribution in [0.15, 0.2) is 42.5 Å². The van der Waals surface area contributed by atoms with Crippen LogP contribution in [0.5, 0.6) is 5.75 Å². The number of aliphatic hydroxyl groups excluding tert-OH is 1. The minimum atomic E-state index is -0.476. The van der Waals surface area contributed by atoms with Gasteiger partial charge in [0.05, 0.1) is 12.7 Å². The van der Waals surface area contributed by atoms with Crippen molar-refractivity contribution in [3.63, 3.8) is 0 Å². The number of rotatable bonds is 4. The first-order valence-electron chi connectivity index (χ1n) is 8.22. The topological polar surface area (TPSA) is 58.6 Å². The summed E-state index contributed by atoms with van der Waals surface area (Å²) in [5.74, 6) is 0.634. The fourth-order valence-electron chi connectivity index (χ4n) is 2.85. The van der Waals surface area contributed by atoms with Crippen LogP contribution in [-0.4, -0.2) is 22.9 Å². The highest BCUT2D eigenvalue weighted by Gasteiger charge is 2.24. The first kappa shape index (κ1) is 15.5. The molecule has 2 N–H and O–H groups in total. The van der Waals surface area contributed by atoms with Gasteiger partial charge in [-0.15, -0.1) is 0 Å². The molecule has 1 atom stereocenters. The molecule has 1 saturated carbocycles. The number of benzene rings is 2. The van der Waals surface area contributed by atoms with Gasteiger partial charge >= 0.3 is 0 Å². The van der Waals surface area contributed by atoms with Crippen LogP contribution in [0.25, 0.3) is 11.1 Å². The lowest BCUT2D eigenvalue weighted by Gasteiger charge is -2.23. The van der Waals surface area contributed by atoms with E-state index in [0.29, 0.717) is 29.6 Å². The lowest BCUT2D eigenvalue weighted by Crippen LogP contribution is -2.17. The minimum absolute atomic E-state index is 0.0684. The number of hydrogen-bond donors (Lipinski definition) is 2. The molecule has 2 aliphatic rings. The van der Waals surface area contributed by atoms with Crippen molar-refractivity contribution in [1.29, 1.82) is 0 Å². The highest BCUT2D eigenvalue weighted by Crippen LogP contribution is 2.36. The van der Waals surface area contributed by atoms with E-state index in [-0.39, 0.29) is 5.91 Å². The zero-order valence-electron chi connectivity index (χ0n) is 13.2. The van der Waals surface area contributed by atoms with Crippen molar-refractivity contribution in [1.82, 2.24) is 4.72 Å². The Morgan fingerprint density at radius 3 is 2.83 bits per heavy atom. The van der Waals surface area contributed by atoms with Crippen molar-refractivity contribution in [2.75, 3.05) is 6.61 Å². The number of nitrogens with one attached hydrogen (secondary N) is 1. The molecule has 0 unspecified atom stereocenters. The molecule has 4 rings (SSSR count). The number of carbonyl (C=O) groups excluding carboxylic acids is 1. The van der Waals surface area contributed by atoms with E-state index in [0.717, 1.165) is 16.7 Å². The molecule has 124 valence electrons. The third-order valence-corrected chi connectivity index (χ3v) is 5.45. The van der Waals surface area contributed by atoms with Gasteiger partial charge in [-0.3, -0.25) is 9.52 Å². The molecule has 1 fully saturated rings. The summed E-state index contributed by atoms with van der Waals surface area (Å²) in [7, 11) is 0. The molecule has 0 aromatic heterocycles. The van der Waals surface area contributed by atoms with Gasteiger partial charge in [-0.25, -0.2) is 0 Å². The van der Waals surface area contributed by atoms with E-state index in [1.807, 2.05) is 42.5 Å². The fraction of sp³-hybridized carbons (Fsp3) is 0.316. The molecular weight excluding hydrogens is 322 g/mol. The van der Waals surface area contributed by atoms with E-state index in [1.165, 1.54) is 24.8 Å². The van der Waals surface area contributed by atoms with Crippen LogP contribution in [0.1, 0.15) is 41.3 Å². The number of ether oxygens (including phenoxy) is 1. The summed E-state index contributed by atoms with van der Waals surface area (Å²) in [6.45, 7) is 0.512. The van der Waals surface area contributed by atoms with Gasteiger partial charge in [0.2, 0.25) is 0 Å². The Morgan fingerprint density at radius 2 is 2.00 bits per heavy atom. The molecule has 5 heteroatoms. The summed E-state index contributed by atoms with van der Waals surface area (Å²) in [6.07, 6.45) is 2.49. The van der Waals surface area contributed by atoms with Crippen molar-refractivity contribution >= 4 is 17.9 Å². The Bertz CT molecular complexity index is 773. The third kappa shape index (κ3) is 3.14. The molecule has 1 heterocycles. The van der Waals surface area contributed by atoms with Gasteiger partial charge in [0, 0.05) is 22.8 Å². The van der Waals surface area contributed by atoms with Crippen LogP contribution in [0.2, 0.25) is 0 Å². The summed E-state index contributed by atoms with van der Waals surface area (Å²) in [5, 5.41) is 10.6. The van der Waals surface area contributed by atoms with E-state index in [1.54, 1.807) is 0 Å². The van der Waals surface area contributed by atoms with Crippen molar-refractivity contribution in [2.24, 2.45) is 0 Å². The number of aliphatic hydroxyl groups is 1. The Kier molecular flexibility index (Phi) is 4.21. The maximum atomic E-state index is 12.5. The molecule has 0 bridgehead atoms. The van der Waals surface area contributed by atoms with Crippen LogP contribution < -0.4 is 9.46 Å². The highest BCUT2D eigenvalue weighted by atomic mass is 32.2. The monoisotopic (exact) mass is 341 g/mol. The van der Waals surface area contributed by atoms with Gasteiger partial charge < -0.3 is 9.84 Å². The maximum Gasteiger partial charge on any atom is 0.261 e. The van der Waals surface area contributed by atoms with Gasteiger partial charge in [-0.2, -0.15) is 0 Å². The summed E-state index contributed by atoms with van der Waals surface area (Å²) >= 11 is 1.52. The smallest absolute Gasteiger partial charge is 0.261 e. The zero-order valence-corrected chi connectivity index (χ0v) is 14.0. The molecule has 1 aliphatic carbocycles. The van der Waals surface area contributed by atoms with E-state index in [9.17, 15) is 9.90 Å². The molecule has 4 nitrogen and oxygen atoms in total. The SMILES string of the molecule is O=C(NSC1CC1)c1ccccc1-c1ccc2c(c1)OCC[C@@H]2O. The molecule has 2 aromatic rings. The average Bonchev–Trinajstić information content (AvgIpc) is 3.44. The predicted octanol–water partition coefficient (Wildman–Crippen LogP) is 3.71. The Morgan fingerprint density at radius 1 is 1.17 bits per heavy atom. The second kappa shape index (κ2) is 6.49. The van der Waals surface area contributed by atoms with Crippen LogP contribution >= 0.6 is 11.9 Å². The third-order valence-electron chi connectivity index (χ3n) is 4.35. The summed E-state index contributed by atoms with van der Waals surface area (Å²) < 4.78 is 8.63. The lowest BCUT2D eigenvalue weighted by molar-refractivity contribution is 0.0984. The van der Waals surface area contributed by atoms with Crippen molar-refractivity contribution < 1.29 is 14.6 Å². The lowest BCUT2D eigenvalue weighted by atomic mass is 9.95. The maximum absolute atomic E-state index is 12.5. The summed E-state index contributed by atoms with van der Waals surface area (Å²) in [6, 6.07) is 13.3. The molecule has 2 aromatic carbocycles. The first-order valence-corrected chi connectivity index (χ1v) is 9.10. The van der Waals surface area contributed by atoms with E-state index in [4.69, 9.17) is 4.74 Å². The summed E-state index contributed by atoms with van der Waals surface area (Å²) in [4.78, 5) is 12.5. The van der Waals surface area contributed by atoms with Crippen molar-refractivity contribution in [3.05, 3.63) is 53.6 Å². The molecule has 1 amide bonds. The number of hydrogen-bond acceptors (Lipinski definition) is 4. The van der Waals surface area contributed by atoms with Gasteiger partial charge in [0.15, 0.2) is 0 Å². The Labute approximate surface area is 145 Å². The van der Waals surface area contributed by atoms with Crippen LogP contribution in [-0.2, 0) is 0 Å². The van der Waals surface area contributed by atoms with Crippen molar-refractivity contribution in [3.8, 4) is 16.9 Å². The van der Waals surface area contributed by atoms with Crippen LogP contribution in [0, 0.1) is 0 Å². The first-order chi connectivity index (χ1) is 11.7. The molecular formula is C19H19NO3S. The number of fused-ring (bicyclic) bond motifs is 1. The average molecular weight is 341 g/mol. The fourth-order valence-corrected chi connectivity index (χ4v) is 3.60. The largest absolute Gasteiger partial charge is 0.493 e. The molecule has 24 heavy (non-hydrogen) atoms. The predicted molar refractivity (Wildman–Crippen MR) is 95.0 cm³/mol.